The number of aliphatic hydroxyl groups is 1. The molecule has 0 aromatic heterocycles. The van der Waals surface area contributed by atoms with E-state index in [2.05, 4.69) is 50.8 Å². The summed E-state index contributed by atoms with van der Waals surface area (Å²) < 4.78 is 0. The Bertz CT molecular complexity index is 434. The summed E-state index contributed by atoms with van der Waals surface area (Å²) in [7, 11) is 0. The third-order valence-corrected chi connectivity index (χ3v) is 5.48. The molecular formula is C19H31NO. The third-order valence-electron chi connectivity index (χ3n) is 5.48. The molecule has 1 heterocycles. The van der Waals surface area contributed by atoms with Crippen molar-refractivity contribution in [2.24, 2.45) is 5.41 Å². The number of β-amino-alcohol motifs (C(OH)–C–C–N with tert-alkyl or cyclic N) is 1. The smallest absolute Gasteiger partial charge is 0.0917 e. The van der Waals surface area contributed by atoms with E-state index in [0.29, 0.717) is 5.41 Å². The van der Waals surface area contributed by atoms with E-state index in [-0.39, 0.29) is 6.10 Å². The maximum atomic E-state index is 10.5. The second kappa shape index (κ2) is 6.93. The number of likely N-dealkylation sites (tertiary alicyclic amines) is 1. The number of piperidine rings is 1. The first-order valence-electron chi connectivity index (χ1n) is 8.46. The van der Waals surface area contributed by atoms with Crippen LogP contribution in [0.25, 0.3) is 0 Å². The van der Waals surface area contributed by atoms with E-state index in [1.54, 1.807) is 0 Å². The Kier molecular flexibility index (Phi) is 5.45. The van der Waals surface area contributed by atoms with Gasteiger partial charge >= 0.3 is 0 Å². The van der Waals surface area contributed by atoms with E-state index >= 15 is 0 Å². The number of nitrogens with zero attached hydrogens (tertiary/aromatic N) is 1. The third kappa shape index (κ3) is 4.08. The van der Waals surface area contributed by atoms with Gasteiger partial charge in [0.15, 0.2) is 0 Å². The maximum Gasteiger partial charge on any atom is 0.0917 e. The van der Waals surface area contributed by atoms with E-state index in [0.717, 1.165) is 25.2 Å². The van der Waals surface area contributed by atoms with Crippen LogP contribution in [0.1, 0.15) is 62.3 Å². The van der Waals surface area contributed by atoms with Gasteiger partial charge in [-0.1, -0.05) is 56.0 Å². The molecule has 0 aliphatic carbocycles. The molecule has 0 bridgehead atoms. The maximum absolute atomic E-state index is 10.5. The van der Waals surface area contributed by atoms with Gasteiger partial charge in [-0.25, -0.2) is 0 Å². The fraction of sp³-hybridized carbons (Fsp3) is 0.684. The molecule has 0 spiro atoms. The Morgan fingerprint density at radius 3 is 2.05 bits per heavy atom. The van der Waals surface area contributed by atoms with Crippen molar-refractivity contribution >= 4 is 0 Å². The quantitative estimate of drug-likeness (QED) is 0.876. The van der Waals surface area contributed by atoms with E-state index in [4.69, 9.17) is 0 Å². The van der Waals surface area contributed by atoms with Gasteiger partial charge < -0.3 is 10.0 Å². The van der Waals surface area contributed by atoms with Crippen LogP contribution >= 0.6 is 0 Å². The number of rotatable bonds is 5. The Morgan fingerprint density at radius 1 is 1.05 bits per heavy atom. The molecule has 0 amide bonds. The lowest BCUT2D eigenvalue weighted by Gasteiger charge is -2.41. The number of aryl methyl sites for hydroxylation is 2. The van der Waals surface area contributed by atoms with Crippen molar-refractivity contribution in [1.82, 2.24) is 4.90 Å². The topological polar surface area (TPSA) is 23.5 Å². The normalized spacial score (nSPS) is 20.4. The number of hydrogen-bond donors (Lipinski definition) is 1. The summed E-state index contributed by atoms with van der Waals surface area (Å²) in [4.78, 5) is 2.44. The summed E-state index contributed by atoms with van der Waals surface area (Å²) in [6.07, 6.45) is 4.77. The van der Waals surface area contributed by atoms with E-state index in [1.807, 2.05) is 0 Å². The van der Waals surface area contributed by atoms with Crippen LogP contribution in [-0.2, 0) is 0 Å². The molecule has 1 saturated heterocycles. The van der Waals surface area contributed by atoms with Gasteiger partial charge in [0.2, 0.25) is 0 Å². The summed E-state index contributed by atoms with van der Waals surface area (Å²) in [5, 5.41) is 10.5. The molecule has 2 rings (SSSR count). The Labute approximate surface area is 130 Å². The first-order chi connectivity index (χ1) is 9.98. The van der Waals surface area contributed by atoms with Crippen LogP contribution in [0, 0.1) is 19.3 Å². The lowest BCUT2D eigenvalue weighted by atomic mass is 9.74. The van der Waals surface area contributed by atoms with Crippen molar-refractivity contribution in [2.75, 3.05) is 19.6 Å². The van der Waals surface area contributed by atoms with Gasteiger partial charge in [-0.3, -0.25) is 0 Å². The summed E-state index contributed by atoms with van der Waals surface area (Å²) in [6.45, 7) is 11.9. The van der Waals surface area contributed by atoms with Crippen LogP contribution in [-0.4, -0.2) is 29.6 Å². The fourth-order valence-electron chi connectivity index (χ4n) is 3.72. The predicted octanol–water partition coefficient (Wildman–Crippen LogP) is 4.24. The highest BCUT2D eigenvalue weighted by Gasteiger charge is 2.31. The van der Waals surface area contributed by atoms with Gasteiger partial charge in [-0.05, 0) is 50.8 Å². The van der Waals surface area contributed by atoms with Crippen molar-refractivity contribution in [1.29, 1.82) is 0 Å². The Balaban J connectivity index is 1.94. The predicted molar refractivity (Wildman–Crippen MR) is 89.6 cm³/mol. The molecule has 1 atom stereocenters. The SMILES string of the molecule is CCC1(CC)CCN(CC(O)c2cc(C)cc(C)c2)CC1. The summed E-state index contributed by atoms with van der Waals surface area (Å²) in [5.41, 5.74) is 4.09. The number of hydrogen-bond acceptors (Lipinski definition) is 2. The van der Waals surface area contributed by atoms with E-state index in [9.17, 15) is 5.11 Å². The lowest BCUT2D eigenvalue weighted by molar-refractivity contribution is 0.0532. The van der Waals surface area contributed by atoms with Crippen molar-refractivity contribution in [2.45, 2.75) is 59.5 Å². The van der Waals surface area contributed by atoms with Crippen LogP contribution in [0.2, 0.25) is 0 Å². The molecule has 2 heteroatoms. The molecule has 1 N–H and O–H groups in total. The minimum absolute atomic E-state index is 0.362. The molecule has 0 saturated carbocycles. The highest BCUT2D eigenvalue weighted by Crippen LogP contribution is 2.38. The van der Waals surface area contributed by atoms with Gasteiger partial charge in [-0.2, -0.15) is 0 Å². The Morgan fingerprint density at radius 2 is 1.57 bits per heavy atom. The van der Waals surface area contributed by atoms with Gasteiger partial charge in [-0.15, -0.1) is 0 Å². The van der Waals surface area contributed by atoms with Crippen LogP contribution in [0.4, 0.5) is 0 Å². The first-order valence-corrected chi connectivity index (χ1v) is 8.46. The van der Waals surface area contributed by atoms with Gasteiger partial charge in [0.1, 0.15) is 0 Å². The minimum atomic E-state index is -0.362. The standard InChI is InChI=1S/C19H31NO/c1-5-19(6-2)7-9-20(10-8-19)14-18(21)17-12-15(3)11-16(4)13-17/h11-13,18,21H,5-10,14H2,1-4H3. The molecule has 1 aromatic carbocycles. The zero-order chi connectivity index (χ0) is 15.5. The van der Waals surface area contributed by atoms with Crippen LogP contribution < -0.4 is 0 Å². The molecule has 21 heavy (non-hydrogen) atoms. The highest BCUT2D eigenvalue weighted by atomic mass is 16.3. The van der Waals surface area contributed by atoms with Gasteiger partial charge in [0.25, 0.3) is 0 Å². The highest BCUT2D eigenvalue weighted by molar-refractivity contribution is 5.30. The number of benzene rings is 1. The second-order valence-corrected chi connectivity index (χ2v) is 6.94. The molecule has 1 aliphatic rings. The first kappa shape index (κ1) is 16.5. The van der Waals surface area contributed by atoms with Crippen LogP contribution in [0.15, 0.2) is 18.2 Å². The zero-order valence-corrected chi connectivity index (χ0v) is 14.2. The molecule has 1 aliphatic heterocycles. The van der Waals surface area contributed by atoms with Crippen molar-refractivity contribution < 1.29 is 5.11 Å². The summed E-state index contributed by atoms with van der Waals surface area (Å²) in [5.74, 6) is 0. The fourth-order valence-corrected chi connectivity index (χ4v) is 3.72. The summed E-state index contributed by atoms with van der Waals surface area (Å²) >= 11 is 0. The lowest BCUT2D eigenvalue weighted by Crippen LogP contribution is -2.41. The molecule has 1 fully saturated rings. The average molecular weight is 289 g/mol. The molecule has 0 radical (unpaired) electrons. The van der Waals surface area contributed by atoms with Crippen molar-refractivity contribution in [3.63, 3.8) is 0 Å². The molecule has 1 unspecified atom stereocenters. The molecule has 1 aromatic rings. The van der Waals surface area contributed by atoms with Crippen LogP contribution in [0.5, 0.6) is 0 Å². The average Bonchev–Trinajstić information content (AvgIpc) is 2.47. The van der Waals surface area contributed by atoms with E-state index < -0.39 is 0 Å². The second-order valence-electron chi connectivity index (χ2n) is 6.94. The monoisotopic (exact) mass is 289 g/mol. The van der Waals surface area contributed by atoms with Crippen LogP contribution in [0.3, 0.4) is 0 Å². The van der Waals surface area contributed by atoms with E-state index in [1.165, 1.54) is 36.8 Å². The minimum Gasteiger partial charge on any atom is -0.387 e. The Hall–Kier alpha value is -0.860. The van der Waals surface area contributed by atoms with Gasteiger partial charge in [0.05, 0.1) is 6.10 Å². The number of aliphatic hydroxyl groups excluding tert-OH is 1. The van der Waals surface area contributed by atoms with Crippen molar-refractivity contribution in [3.05, 3.63) is 34.9 Å². The van der Waals surface area contributed by atoms with Gasteiger partial charge in [0, 0.05) is 6.54 Å². The summed E-state index contributed by atoms with van der Waals surface area (Å²) in [6, 6.07) is 6.39. The zero-order valence-electron chi connectivity index (χ0n) is 14.2. The largest absolute Gasteiger partial charge is 0.387 e. The molecular weight excluding hydrogens is 258 g/mol. The molecule has 2 nitrogen and oxygen atoms in total. The molecule has 118 valence electrons. The van der Waals surface area contributed by atoms with Crippen molar-refractivity contribution in [3.8, 4) is 0 Å².